The minimum absolute atomic E-state index is 0.0207. The number of nitrogens with zero attached hydrogens (tertiary/aromatic N) is 1. The molecule has 0 spiro atoms. The molecule has 1 saturated heterocycles. The van der Waals surface area contributed by atoms with Crippen molar-refractivity contribution in [3.63, 3.8) is 0 Å². The highest BCUT2D eigenvalue weighted by atomic mass is 16.6. The molecule has 1 aliphatic heterocycles. The SMILES string of the molecule is CC(C)(C)OC(=O)N1C[C@]2(CO)CCC[C@]2(CO)C1. The van der Waals surface area contributed by atoms with Gasteiger partial charge in [0.15, 0.2) is 0 Å². The third kappa shape index (κ3) is 2.34. The molecule has 5 heteroatoms. The van der Waals surface area contributed by atoms with E-state index in [1.54, 1.807) is 4.90 Å². The van der Waals surface area contributed by atoms with Crippen molar-refractivity contribution in [3.05, 3.63) is 0 Å². The quantitative estimate of drug-likeness (QED) is 0.796. The Bertz CT molecular complexity index is 345. The van der Waals surface area contributed by atoms with Crippen molar-refractivity contribution in [3.8, 4) is 0 Å². The molecular weight excluding hydrogens is 246 g/mol. The van der Waals surface area contributed by atoms with Crippen LogP contribution >= 0.6 is 0 Å². The van der Waals surface area contributed by atoms with Crippen LogP contribution in [0.3, 0.4) is 0 Å². The Morgan fingerprint density at radius 1 is 1.16 bits per heavy atom. The van der Waals surface area contributed by atoms with Gasteiger partial charge in [-0.15, -0.1) is 0 Å². The fourth-order valence-electron chi connectivity index (χ4n) is 3.62. The molecule has 5 nitrogen and oxygen atoms in total. The monoisotopic (exact) mass is 271 g/mol. The summed E-state index contributed by atoms with van der Waals surface area (Å²) < 4.78 is 5.39. The number of amides is 1. The summed E-state index contributed by atoms with van der Waals surface area (Å²) in [5, 5.41) is 19.5. The van der Waals surface area contributed by atoms with E-state index in [9.17, 15) is 15.0 Å². The molecule has 1 amide bonds. The minimum atomic E-state index is -0.520. The van der Waals surface area contributed by atoms with Crippen molar-refractivity contribution in [1.29, 1.82) is 0 Å². The smallest absolute Gasteiger partial charge is 0.410 e. The summed E-state index contributed by atoms with van der Waals surface area (Å²) in [6.45, 7) is 6.53. The molecule has 0 aromatic carbocycles. The Morgan fingerprint density at radius 3 is 2.00 bits per heavy atom. The average Bonchev–Trinajstić information content (AvgIpc) is 2.78. The standard InChI is InChI=1S/C14H25NO4/c1-12(2,3)19-11(18)15-7-13(9-16)5-4-6-14(13,8-15)10-17/h16-17H,4-10H2,1-3H3/t13-,14+. The zero-order valence-corrected chi connectivity index (χ0v) is 12.1. The zero-order chi connectivity index (χ0) is 14.3. The zero-order valence-electron chi connectivity index (χ0n) is 12.1. The van der Waals surface area contributed by atoms with Gasteiger partial charge in [-0.25, -0.2) is 4.79 Å². The second kappa shape index (κ2) is 4.63. The first kappa shape index (κ1) is 14.6. The second-order valence-electron chi connectivity index (χ2n) is 7.07. The number of hydrogen-bond acceptors (Lipinski definition) is 4. The highest BCUT2D eigenvalue weighted by molar-refractivity contribution is 5.69. The maximum Gasteiger partial charge on any atom is 0.410 e. The molecule has 2 aliphatic rings. The van der Waals surface area contributed by atoms with Crippen molar-refractivity contribution in [2.45, 2.75) is 45.6 Å². The van der Waals surface area contributed by atoms with Gasteiger partial charge in [0.1, 0.15) is 5.60 Å². The predicted octanol–water partition coefficient (Wildman–Crippen LogP) is 1.38. The molecule has 0 radical (unpaired) electrons. The van der Waals surface area contributed by atoms with Crippen molar-refractivity contribution in [1.82, 2.24) is 4.90 Å². The number of aliphatic hydroxyl groups is 2. The third-order valence-electron chi connectivity index (χ3n) is 4.68. The first-order chi connectivity index (χ1) is 8.77. The number of rotatable bonds is 2. The van der Waals surface area contributed by atoms with Gasteiger partial charge in [0.2, 0.25) is 0 Å². The van der Waals surface area contributed by atoms with Crippen LogP contribution in [0.2, 0.25) is 0 Å². The predicted molar refractivity (Wildman–Crippen MR) is 70.7 cm³/mol. The van der Waals surface area contributed by atoms with E-state index in [1.807, 2.05) is 20.8 Å². The lowest BCUT2D eigenvalue weighted by Crippen LogP contribution is -2.41. The summed E-state index contributed by atoms with van der Waals surface area (Å²) in [6.07, 6.45) is 2.39. The van der Waals surface area contributed by atoms with Gasteiger partial charge in [0.05, 0.1) is 13.2 Å². The number of likely N-dealkylation sites (tertiary alicyclic amines) is 1. The summed E-state index contributed by atoms with van der Waals surface area (Å²) in [4.78, 5) is 13.8. The van der Waals surface area contributed by atoms with E-state index in [0.29, 0.717) is 13.1 Å². The van der Waals surface area contributed by atoms with E-state index in [1.165, 1.54) is 0 Å². The normalized spacial score (nSPS) is 34.5. The van der Waals surface area contributed by atoms with E-state index in [2.05, 4.69) is 0 Å². The molecule has 0 aromatic heterocycles. The van der Waals surface area contributed by atoms with Gasteiger partial charge in [-0.05, 0) is 33.6 Å². The molecule has 0 bridgehead atoms. The Morgan fingerprint density at radius 2 is 1.63 bits per heavy atom. The number of hydrogen-bond donors (Lipinski definition) is 2. The van der Waals surface area contributed by atoms with Gasteiger partial charge in [-0.1, -0.05) is 6.42 Å². The summed E-state index contributed by atoms with van der Waals surface area (Å²) in [5.41, 5.74) is -1.22. The molecular formula is C14H25NO4. The molecule has 19 heavy (non-hydrogen) atoms. The van der Waals surface area contributed by atoms with Gasteiger partial charge in [0.25, 0.3) is 0 Å². The molecule has 0 aromatic rings. The van der Waals surface area contributed by atoms with Crippen LogP contribution in [0.25, 0.3) is 0 Å². The van der Waals surface area contributed by atoms with Gasteiger partial charge < -0.3 is 19.8 Å². The van der Waals surface area contributed by atoms with Crippen LogP contribution in [-0.2, 0) is 4.74 Å². The highest BCUT2D eigenvalue weighted by Crippen LogP contribution is 2.57. The van der Waals surface area contributed by atoms with Crippen LogP contribution in [0.4, 0.5) is 4.79 Å². The van der Waals surface area contributed by atoms with E-state index < -0.39 is 5.60 Å². The fraction of sp³-hybridized carbons (Fsp3) is 0.929. The molecule has 110 valence electrons. The third-order valence-corrected chi connectivity index (χ3v) is 4.68. The van der Waals surface area contributed by atoms with Crippen LogP contribution in [-0.4, -0.2) is 53.1 Å². The second-order valence-corrected chi connectivity index (χ2v) is 7.07. The Labute approximate surface area is 114 Å². The first-order valence-electron chi connectivity index (χ1n) is 6.97. The molecule has 2 rings (SSSR count). The molecule has 2 atom stereocenters. The van der Waals surface area contributed by atoms with Gasteiger partial charge in [-0.2, -0.15) is 0 Å². The number of fused-ring (bicyclic) bond motifs is 1. The van der Waals surface area contributed by atoms with Crippen LogP contribution < -0.4 is 0 Å². The Balaban J connectivity index is 2.15. The van der Waals surface area contributed by atoms with Crippen molar-refractivity contribution >= 4 is 6.09 Å². The van der Waals surface area contributed by atoms with E-state index >= 15 is 0 Å². The molecule has 1 saturated carbocycles. The summed E-state index contributed by atoms with van der Waals surface area (Å²) in [7, 11) is 0. The lowest BCUT2D eigenvalue weighted by atomic mass is 9.69. The molecule has 2 fully saturated rings. The van der Waals surface area contributed by atoms with E-state index in [0.717, 1.165) is 19.3 Å². The average molecular weight is 271 g/mol. The van der Waals surface area contributed by atoms with E-state index in [4.69, 9.17) is 4.74 Å². The molecule has 1 aliphatic carbocycles. The summed E-state index contributed by atoms with van der Waals surface area (Å²) in [6, 6.07) is 0. The lowest BCUT2D eigenvalue weighted by Gasteiger charge is -2.36. The topological polar surface area (TPSA) is 70.0 Å². The fourth-order valence-corrected chi connectivity index (χ4v) is 3.62. The molecule has 0 unspecified atom stereocenters. The maximum absolute atomic E-state index is 12.1. The van der Waals surface area contributed by atoms with Crippen molar-refractivity contribution in [2.75, 3.05) is 26.3 Å². The van der Waals surface area contributed by atoms with Crippen molar-refractivity contribution < 1.29 is 19.7 Å². The van der Waals surface area contributed by atoms with E-state index in [-0.39, 0.29) is 30.1 Å². The number of aliphatic hydroxyl groups excluding tert-OH is 2. The Hall–Kier alpha value is -0.810. The Kier molecular flexibility index (Phi) is 3.56. The van der Waals surface area contributed by atoms with Gasteiger partial charge in [0, 0.05) is 23.9 Å². The van der Waals surface area contributed by atoms with Crippen LogP contribution in [0.5, 0.6) is 0 Å². The van der Waals surface area contributed by atoms with Crippen molar-refractivity contribution in [2.24, 2.45) is 10.8 Å². The molecule has 1 heterocycles. The number of carbonyl (C=O) groups excluding carboxylic acids is 1. The number of ether oxygens (including phenoxy) is 1. The summed E-state index contributed by atoms with van der Waals surface area (Å²) in [5.74, 6) is 0. The van der Waals surface area contributed by atoms with Gasteiger partial charge >= 0.3 is 6.09 Å². The minimum Gasteiger partial charge on any atom is -0.444 e. The largest absolute Gasteiger partial charge is 0.444 e. The lowest BCUT2D eigenvalue weighted by molar-refractivity contribution is 0.00976. The molecule has 2 N–H and O–H groups in total. The van der Waals surface area contributed by atoms with Gasteiger partial charge in [-0.3, -0.25) is 0 Å². The summed E-state index contributed by atoms with van der Waals surface area (Å²) >= 11 is 0. The first-order valence-corrected chi connectivity index (χ1v) is 6.97. The highest BCUT2D eigenvalue weighted by Gasteiger charge is 2.61. The van der Waals surface area contributed by atoms with Crippen LogP contribution in [0.1, 0.15) is 40.0 Å². The maximum atomic E-state index is 12.1. The number of carbonyl (C=O) groups is 1. The van der Waals surface area contributed by atoms with Crippen LogP contribution in [0.15, 0.2) is 0 Å². The van der Waals surface area contributed by atoms with Crippen LogP contribution in [0, 0.1) is 10.8 Å².